The summed E-state index contributed by atoms with van der Waals surface area (Å²) in [5.74, 6) is 1.27. The van der Waals surface area contributed by atoms with Crippen LogP contribution in [0.3, 0.4) is 0 Å². The Morgan fingerprint density at radius 2 is 1.73 bits per heavy atom. The topological polar surface area (TPSA) is 67.2 Å². The first kappa shape index (κ1) is 21.4. The number of piperidine rings is 1. The maximum absolute atomic E-state index is 13.5. The second-order valence-corrected chi connectivity index (χ2v) is 9.79. The molecule has 1 fully saturated rings. The smallest absolute Gasteiger partial charge is 0.259 e. The summed E-state index contributed by atoms with van der Waals surface area (Å²) >= 11 is 0. The Morgan fingerprint density at radius 3 is 2.39 bits per heavy atom. The molecule has 5 rings (SSSR count). The number of benzene rings is 2. The Balaban J connectivity index is 1.32. The molecular formula is C27H30N4O2. The van der Waals surface area contributed by atoms with Crippen molar-refractivity contribution in [2.75, 3.05) is 18.4 Å². The average molecular weight is 443 g/mol. The highest BCUT2D eigenvalue weighted by molar-refractivity contribution is 5.99. The molecule has 0 radical (unpaired) electrons. The lowest BCUT2D eigenvalue weighted by Crippen LogP contribution is -2.40. The summed E-state index contributed by atoms with van der Waals surface area (Å²) in [6.45, 7) is 5.79. The summed E-state index contributed by atoms with van der Waals surface area (Å²) in [7, 11) is 0. The lowest BCUT2D eigenvalue weighted by molar-refractivity contribution is 0.0713. The van der Waals surface area contributed by atoms with Crippen LogP contribution in [0.25, 0.3) is 0 Å². The minimum Gasteiger partial charge on any atom is -0.363 e. The van der Waals surface area contributed by atoms with Crippen molar-refractivity contribution >= 4 is 18.0 Å². The second-order valence-electron chi connectivity index (χ2n) is 9.79. The predicted octanol–water partition coefficient (Wildman–Crippen LogP) is 5.01. The van der Waals surface area contributed by atoms with Crippen LogP contribution in [0.4, 0.5) is 5.82 Å². The molecule has 2 aliphatic heterocycles. The summed E-state index contributed by atoms with van der Waals surface area (Å²) in [5.41, 5.74) is 3.61. The van der Waals surface area contributed by atoms with Crippen LogP contribution in [0.5, 0.6) is 0 Å². The van der Waals surface area contributed by atoms with Gasteiger partial charge < -0.3 is 10.2 Å². The van der Waals surface area contributed by atoms with Gasteiger partial charge in [-0.2, -0.15) is 5.10 Å². The van der Waals surface area contributed by atoms with Gasteiger partial charge in [-0.25, -0.2) is 4.68 Å². The number of fused-ring (bicyclic) bond motifs is 1. The van der Waals surface area contributed by atoms with E-state index in [1.54, 1.807) is 6.20 Å². The summed E-state index contributed by atoms with van der Waals surface area (Å²) in [6.07, 6.45) is 5.33. The van der Waals surface area contributed by atoms with E-state index >= 15 is 0 Å². The first-order chi connectivity index (χ1) is 16.0. The molecule has 3 heterocycles. The van der Waals surface area contributed by atoms with E-state index in [9.17, 15) is 9.59 Å². The molecule has 33 heavy (non-hydrogen) atoms. The Kier molecular flexibility index (Phi) is 5.52. The third kappa shape index (κ3) is 4.06. The van der Waals surface area contributed by atoms with Gasteiger partial charge in [0.05, 0.1) is 17.8 Å². The molecule has 1 N–H and O–H groups in total. The lowest BCUT2D eigenvalue weighted by atomic mass is 9.88. The van der Waals surface area contributed by atoms with E-state index in [1.807, 2.05) is 39.9 Å². The molecule has 0 saturated carbocycles. The van der Waals surface area contributed by atoms with Gasteiger partial charge in [0.25, 0.3) is 5.91 Å². The van der Waals surface area contributed by atoms with E-state index < -0.39 is 0 Å². The largest absolute Gasteiger partial charge is 0.363 e. The zero-order valence-electron chi connectivity index (χ0n) is 19.2. The van der Waals surface area contributed by atoms with E-state index in [0.29, 0.717) is 17.0 Å². The van der Waals surface area contributed by atoms with E-state index in [4.69, 9.17) is 0 Å². The number of hydrogen-bond acceptors (Lipinski definition) is 4. The first-order valence-corrected chi connectivity index (χ1v) is 11.7. The molecule has 1 unspecified atom stereocenters. The molecule has 0 spiro atoms. The number of nitrogens with one attached hydrogen (secondary N) is 1. The molecule has 1 atom stereocenters. The molecule has 170 valence electrons. The number of hydrogen-bond donors (Lipinski definition) is 1. The van der Waals surface area contributed by atoms with Crippen molar-refractivity contribution in [3.63, 3.8) is 0 Å². The second kappa shape index (κ2) is 8.50. The highest BCUT2D eigenvalue weighted by Crippen LogP contribution is 2.40. The van der Waals surface area contributed by atoms with Crippen LogP contribution in [-0.2, 0) is 5.54 Å². The molecular weight excluding hydrogens is 412 g/mol. The van der Waals surface area contributed by atoms with Gasteiger partial charge in [-0.3, -0.25) is 9.59 Å². The van der Waals surface area contributed by atoms with Gasteiger partial charge in [-0.15, -0.1) is 0 Å². The number of rotatable bonds is 4. The maximum Gasteiger partial charge on any atom is 0.259 e. The highest BCUT2D eigenvalue weighted by atomic mass is 16.2. The molecule has 2 aliphatic rings. The molecule has 0 aliphatic carbocycles. The number of likely N-dealkylation sites (tertiary alicyclic amines) is 1. The molecule has 2 aromatic carbocycles. The minimum atomic E-state index is -0.194. The molecule has 6 nitrogen and oxygen atoms in total. The van der Waals surface area contributed by atoms with Gasteiger partial charge in [0.2, 0.25) is 0 Å². The Bertz CT molecular complexity index is 1140. The minimum absolute atomic E-state index is 0.0445. The Hall–Kier alpha value is -3.41. The normalized spacial score (nSPS) is 20.1. The van der Waals surface area contributed by atoms with Crippen molar-refractivity contribution in [1.82, 2.24) is 14.7 Å². The number of carbonyl (C=O) groups excluding carboxylic acids is 2. The van der Waals surface area contributed by atoms with E-state index in [0.717, 1.165) is 44.5 Å². The van der Waals surface area contributed by atoms with Crippen LogP contribution in [0, 0.1) is 0 Å². The summed E-state index contributed by atoms with van der Waals surface area (Å²) in [5, 5.41) is 8.22. The monoisotopic (exact) mass is 442 g/mol. The number of carbonyl (C=O) groups is 2. The summed E-state index contributed by atoms with van der Waals surface area (Å²) in [6, 6.07) is 18.4. The van der Waals surface area contributed by atoms with Crippen LogP contribution in [-0.4, -0.2) is 40.0 Å². The van der Waals surface area contributed by atoms with Crippen LogP contribution < -0.4 is 5.32 Å². The van der Waals surface area contributed by atoms with Gasteiger partial charge in [-0.05, 0) is 50.2 Å². The Labute approximate surface area is 194 Å². The molecule has 0 bridgehead atoms. The number of aldehydes is 1. The zero-order valence-corrected chi connectivity index (χ0v) is 19.2. The van der Waals surface area contributed by atoms with Crippen molar-refractivity contribution < 1.29 is 9.59 Å². The number of amides is 1. The van der Waals surface area contributed by atoms with Crippen LogP contribution >= 0.6 is 0 Å². The molecule has 1 amide bonds. The number of aromatic nitrogens is 2. The average Bonchev–Trinajstić information content (AvgIpc) is 3.29. The maximum atomic E-state index is 13.5. The van der Waals surface area contributed by atoms with Gasteiger partial charge in [0.15, 0.2) is 0 Å². The van der Waals surface area contributed by atoms with Crippen molar-refractivity contribution in [3.8, 4) is 0 Å². The van der Waals surface area contributed by atoms with E-state index in [-0.39, 0.29) is 17.5 Å². The first-order valence-electron chi connectivity index (χ1n) is 11.7. The fourth-order valence-electron chi connectivity index (χ4n) is 5.22. The Morgan fingerprint density at radius 1 is 1.03 bits per heavy atom. The fraction of sp³-hybridized carbons (Fsp3) is 0.370. The number of anilines is 1. The number of nitrogens with zero attached hydrogens (tertiary/aromatic N) is 3. The van der Waals surface area contributed by atoms with Crippen molar-refractivity contribution in [2.45, 2.75) is 50.6 Å². The van der Waals surface area contributed by atoms with Crippen LogP contribution in [0.15, 0.2) is 60.8 Å². The van der Waals surface area contributed by atoms with Crippen LogP contribution in [0.1, 0.15) is 76.9 Å². The summed E-state index contributed by atoms with van der Waals surface area (Å²) < 4.78 is 1.97. The van der Waals surface area contributed by atoms with E-state index in [2.05, 4.69) is 48.5 Å². The van der Waals surface area contributed by atoms with Gasteiger partial charge in [-0.1, -0.05) is 54.6 Å². The third-order valence-corrected chi connectivity index (χ3v) is 7.12. The van der Waals surface area contributed by atoms with Gasteiger partial charge in [0.1, 0.15) is 17.7 Å². The molecule has 1 saturated heterocycles. The van der Waals surface area contributed by atoms with Gasteiger partial charge in [0, 0.05) is 18.7 Å². The highest BCUT2D eigenvalue weighted by Gasteiger charge is 2.37. The van der Waals surface area contributed by atoms with Crippen LogP contribution in [0.2, 0.25) is 0 Å². The molecule has 6 heteroatoms. The molecule has 1 aromatic heterocycles. The fourth-order valence-corrected chi connectivity index (χ4v) is 5.22. The van der Waals surface area contributed by atoms with Crippen molar-refractivity contribution in [2.24, 2.45) is 0 Å². The van der Waals surface area contributed by atoms with Crippen molar-refractivity contribution in [3.05, 3.63) is 83.0 Å². The molecule has 3 aromatic rings. The lowest BCUT2D eigenvalue weighted by Gasteiger charge is -2.39. The zero-order chi connectivity index (χ0) is 23.0. The quantitative estimate of drug-likeness (QED) is 0.577. The van der Waals surface area contributed by atoms with E-state index in [1.165, 1.54) is 11.1 Å². The summed E-state index contributed by atoms with van der Waals surface area (Å²) in [4.78, 5) is 26.4. The predicted molar refractivity (Wildman–Crippen MR) is 129 cm³/mol. The standard InChI is InChI=1S/C27H30N4O2/c1-27(2)16-24(22-6-4-3-5-7-22)29-25-23(17-28-31(25)27)26(33)30-14-12-21(13-15-30)20-10-8-19(18-32)9-11-20/h3-11,17-18,21,24,29H,12-16H2,1-2H3. The van der Waals surface area contributed by atoms with Crippen molar-refractivity contribution in [1.29, 1.82) is 0 Å². The SMILES string of the molecule is CC1(C)CC(c2ccccc2)Nc2c(C(=O)N3CCC(c4ccc(C=O)cc4)CC3)cnn21. The van der Waals surface area contributed by atoms with Gasteiger partial charge >= 0.3 is 0 Å². The third-order valence-electron chi connectivity index (χ3n) is 7.12.